The third-order valence-corrected chi connectivity index (χ3v) is 3.20. The van der Waals surface area contributed by atoms with Crippen molar-refractivity contribution in [1.82, 2.24) is 0 Å². The second kappa shape index (κ2) is 4.28. The summed E-state index contributed by atoms with van der Waals surface area (Å²) in [5.74, 6) is -1.64. The summed E-state index contributed by atoms with van der Waals surface area (Å²) in [7, 11) is 0. The Kier molecular flexibility index (Phi) is 3.41. The van der Waals surface area contributed by atoms with Crippen molar-refractivity contribution in [1.29, 1.82) is 0 Å². The Bertz CT molecular complexity index is 341. The first-order valence-electron chi connectivity index (χ1n) is 5.40. The van der Waals surface area contributed by atoms with Gasteiger partial charge in [-0.05, 0) is 25.2 Å². The molecule has 4 nitrogen and oxygen atoms in total. The van der Waals surface area contributed by atoms with E-state index in [1.165, 1.54) is 0 Å². The molecule has 0 aliphatic heterocycles. The van der Waals surface area contributed by atoms with Gasteiger partial charge in [0.05, 0.1) is 12.5 Å². The first kappa shape index (κ1) is 12.7. The molecule has 0 aromatic heterocycles. The van der Waals surface area contributed by atoms with Crippen molar-refractivity contribution >= 4 is 11.9 Å². The lowest BCUT2D eigenvalue weighted by Crippen LogP contribution is -2.06. The van der Waals surface area contributed by atoms with E-state index in [0.29, 0.717) is 12.2 Å². The Morgan fingerprint density at radius 1 is 1.44 bits per heavy atom. The molecule has 1 N–H and O–H groups in total. The second-order valence-electron chi connectivity index (χ2n) is 4.73. The number of ether oxygens (including phenoxy) is 1. The second-order valence-corrected chi connectivity index (χ2v) is 4.73. The number of carbonyl (C=O) groups excluding carboxylic acids is 1. The monoisotopic (exact) mass is 226 g/mol. The van der Waals surface area contributed by atoms with Crippen LogP contribution in [0.15, 0.2) is 11.6 Å². The minimum atomic E-state index is -0.803. The maximum atomic E-state index is 11.4. The summed E-state index contributed by atoms with van der Waals surface area (Å²) in [6.45, 7) is 7.52. The molecule has 16 heavy (non-hydrogen) atoms. The highest BCUT2D eigenvalue weighted by molar-refractivity contribution is 5.88. The van der Waals surface area contributed by atoms with Crippen LogP contribution in [0.3, 0.4) is 0 Å². The van der Waals surface area contributed by atoms with Gasteiger partial charge >= 0.3 is 11.9 Å². The fourth-order valence-corrected chi connectivity index (χ4v) is 2.04. The summed E-state index contributed by atoms with van der Waals surface area (Å²) in [5, 5.41) is 8.97. The van der Waals surface area contributed by atoms with E-state index in [4.69, 9.17) is 9.84 Å². The Hall–Kier alpha value is -1.32. The standard InChI is InChI=1S/C12H18O4/c1-5-16-11(15)7(2)6-8-9(10(13)14)12(8,3)4/h6,8-9H,5H2,1-4H3,(H,13,14)/b7-6+/t8?,9-/m0/s1. The largest absolute Gasteiger partial charge is 0.481 e. The zero-order valence-electron chi connectivity index (χ0n) is 10.1. The molecule has 90 valence electrons. The predicted octanol–water partition coefficient (Wildman–Crippen LogP) is 1.85. The van der Waals surface area contributed by atoms with Crippen molar-refractivity contribution in [3.63, 3.8) is 0 Å². The Morgan fingerprint density at radius 2 is 2.00 bits per heavy atom. The minimum absolute atomic E-state index is 0.0746. The van der Waals surface area contributed by atoms with Crippen LogP contribution in [0, 0.1) is 17.3 Å². The van der Waals surface area contributed by atoms with Crippen LogP contribution < -0.4 is 0 Å². The molecule has 1 saturated carbocycles. The van der Waals surface area contributed by atoms with E-state index >= 15 is 0 Å². The van der Waals surface area contributed by atoms with Crippen molar-refractivity contribution in [2.45, 2.75) is 27.7 Å². The van der Waals surface area contributed by atoms with Crippen LogP contribution in [0.4, 0.5) is 0 Å². The lowest BCUT2D eigenvalue weighted by Gasteiger charge is -2.02. The van der Waals surface area contributed by atoms with Gasteiger partial charge in [0.1, 0.15) is 0 Å². The zero-order chi connectivity index (χ0) is 12.5. The van der Waals surface area contributed by atoms with E-state index < -0.39 is 11.9 Å². The molecule has 1 rings (SSSR count). The van der Waals surface area contributed by atoms with Gasteiger partial charge in [0.15, 0.2) is 0 Å². The van der Waals surface area contributed by atoms with E-state index in [0.717, 1.165) is 0 Å². The molecule has 1 aliphatic carbocycles. The van der Waals surface area contributed by atoms with Gasteiger partial charge < -0.3 is 9.84 Å². The third-order valence-electron chi connectivity index (χ3n) is 3.20. The van der Waals surface area contributed by atoms with Crippen molar-refractivity contribution < 1.29 is 19.4 Å². The van der Waals surface area contributed by atoms with Gasteiger partial charge in [-0.15, -0.1) is 0 Å². The summed E-state index contributed by atoms with van der Waals surface area (Å²) in [6, 6.07) is 0. The fourth-order valence-electron chi connectivity index (χ4n) is 2.04. The molecule has 0 spiro atoms. The molecule has 0 bridgehead atoms. The lowest BCUT2D eigenvalue weighted by atomic mass is 10.1. The smallest absolute Gasteiger partial charge is 0.333 e. The van der Waals surface area contributed by atoms with Gasteiger partial charge in [0.25, 0.3) is 0 Å². The molecule has 1 unspecified atom stereocenters. The molecule has 1 aliphatic rings. The lowest BCUT2D eigenvalue weighted by molar-refractivity contribution is -0.140. The fraction of sp³-hybridized carbons (Fsp3) is 0.667. The number of hydrogen-bond donors (Lipinski definition) is 1. The van der Waals surface area contributed by atoms with Crippen LogP contribution in [0.2, 0.25) is 0 Å². The van der Waals surface area contributed by atoms with Crippen LogP contribution in [0.25, 0.3) is 0 Å². The SMILES string of the molecule is CCOC(=O)/C(C)=C/C1[C@@H](C(=O)O)C1(C)C. The highest BCUT2D eigenvalue weighted by atomic mass is 16.5. The van der Waals surface area contributed by atoms with E-state index in [1.807, 2.05) is 13.8 Å². The molecule has 0 radical (unpaired) electrons. The Balaban J connectivity index is 2.72. The maximum Gasteiger partial charge on any atom is 0.333 e. The summed E-state index contributed by atoms with van der Waals surface area (Å²) >= 11 is 0. The number of carboxylic acid groups (broad SMARTS) is 1. The zero-order valence-corrected chi connectivity index (χ0v) is 10.1. The molecule has 0 aromatic rings. The molecular weight excluding hydrogens is 208 g/mol. The molecule has 0 amide bonds. The van der Waals surface area contributed by atoms with Gasteiger partial charge in [-0.2, -0.15) is 0 Å². The van der Waals surface area contributed by atoms with Gasteiger partial charge in [-0.3, -0.25) is 4.79 Å². The van der Waals surface area contributed by atoms with Gasteiger partial charge in [0, 0.05) is 5.57 Å². The van der Waals surface area contributed by atoms with E-state index in [-0.39, 0.29) is 17.3 Å². The minimum Gasteiger partial charge on any atom is -0.481 e. The molecule has 0 saturated heterocycles. The highest BCUT2D eigenvalue weighted by Gasteiger charge is 2.61. The van der Waals surface area contributed by atoms with E-state index in [1.54, 1.807) is 19.9 Å². The number of rotatable bonds is 4. The number of carbonyl (C=O) groups is 2. The van der Waals surface area contributed by atoms with E-state index in [9.17, 15) is 9.59 Å². The Morgan fingerprint density at radius 3 is 2.38 bits per heavy atom. The van der Waals surface area contributed by atoms with Crippen molar-refractivity contribution in [3.8, 4) is 0 Å². The number of carboxylic acids is 1. The van der Waals surface area contributed by atoms with Gasteiger partial charge in [-0.25, -0.2) is 4.79 Å². The van der Waals surface area contributed by atoms with Crippen LogP contribution in [-0.4, -0.2) is 23.7 Å². The number of allylic oxidation sites excluding steroid dienone is 1. The number of aliphatic carboxylic acids is 1. The number of hydrogen-bond acceptors (Lipinski definition) is 3. The van der Waals surface area contributed by atoms with Crippen molar-refractivity contribution in [2.24, 2.45) is 17.3 Å². The Labute approximate surface area is 95.3 Å². The first-order chi connectivity index (χ1) is 7.32. The van der Waals surface area contributed by atoms with Crippen LogP contribution in [0.5, 0.6) is 0 Å². The molecule has 4 heteroatoms. The normalized spacial score (nSPS) is 27.4. The summed E-state index contributed by atoms with van der Waals surface area (Å²) in [4.78, 5) is 22.3. The van der Waals surface area contributed by atoms with Crippen molar-refractivity contribution in [3.05, 3.63) is 11.6 Å². The van der Waals surface area contributed by atoms with Gasteiger partial charge in [0.2, 0.25) is 0 Å². The summed E-state index contributed by atoms with van der Waals surface area (Å²) in [5.41, 5.74) is 0.225. The highest BCUT2D eigenvalue weighted by Crippen LogP contribution is 2.59. The molecule has 0 heterocycles. The van der Waals surface area contributed by atoms with Gasteiger partial charge in [-0.1, -0.05) is 19.9 Å². The predicted molar refractivity (Wildman–Crippen MR) is 58.8 cm³/mol. The average Bonchev–Trinajstić information content (AvgIpc) is 2.68. The van der Waals surface area contributed by atoms with Crippen LogP contribution in [-0.2, 0) is 14.3 Å². The quantitative estimate of drug-likeness (QED) is 0.587. The molecule has 1 fully saturated rings. The summed E-state index contributed by atoms with van der Waals surface area (Å²) < 4.78 is 4.84. The van der Waals surface area contributed by atoms with Crippen LogP contribution >= 0.6 is 0 Å². The third kappa shape index (κ3) is 2.26. The first-order valence-corrected chi connectivity index (χ1v) is 5.40. The maximum absolute atomic E-state index is 11.4. The topological polar surface area (TPSA) is 63.6 Å². The van der Waals surface area contributed by atoms with Crippen molar-refractivity contribution in [2.75, 3.05) is 6.61 Å². The molecule has 2 atom stereocenters. The average molecular weight is 226 g/mol. The molecular formula is C12H18O4. The van der Waals surface area contributed by atoms with Crippen LogP contribution in [0.1, 0.15) is 27.7 Å². The molecule has 0 aromatic carbocycles. The van der Waals surface area contributed by atoms with E-state index in [2.05, 4.69) is 0 Å². The summed E-state index contributed by atoms with van der Waals surface area (Å²) in [6.07, 6.45) is 1.72. The number of esters is 1.